The molecule has 0 aliphatic carbocycles. The maximum Gasteiger partial charge on any atom is 0.213 e. The van der Waals surface area contributed by atoms with Crippen molar-refractivity contribution >= 4 is 24.3 Å². The van der Waals surface area contributed by atoms with Crippen LogP contribution in [0.4, 0.5) is 0 Å². The number of hydrogen-bond acceptors (Lipinski definition) is 2. The molecule has 0 fully saturated rings. The van der Waals surface area contributed by atoms with E-state index in [4.69, 9.17) is 0 Å². The van der Waals surface area contributed by atoms with E-state index in [1.54, 1.807) is 0 Å². The molecule has 0 aliphatic rings. The van der Waals surface area contributed by atoms with E-state index in [0.717, 1.165) is 18.2 Å². The molecule has 2 aromatic rings. The molecule has 0 bridgehead atoms. The summed E-state index contributed by atoms with van der Waals surface area (Å²) >= 11 is 0. The summed E-state index contributed by atoms with van der Waals surface area (Å²) in [5, 5.41) is 6.73. The van der Waals surface area contributed by atoms with Crippen LogP contribution in [-0.4, -0.2) is 26.7 Å². The Bertz CT molecular complexity index is 546. The molecule has 2 rings (SSSR count). The van der Waals surface area contributed by atoms with Crippen LogP contribution < -0.4 is 10.5 Å². The molecule has 2 nitrogen and oxygen atoms in total. The van der Waals surface area contributed by atoms with E-state index in [-0.39, 0.29) is 0 Å². The fraction of sp³-hybridized carbons (Fsp3) is 0.333. The smallest absolute Gasteiger partial charge is 0.213 e. The first-order chi connectivity index (χ1) is 8.50. The lowest BCUT2D eigenvalue weighted by Gasteiger charge is -2.15. The number of benzene rings is 2. The molecule has 0 radical (unpaired) electrons. The molecule has 0 aliphatic heterocycles. The Morgan fingerprint density at radius 3 is 2.39 bits per heavy atom. The van der Waals surface area contributed by atoms with Gasteiger partial charge < -0.3 is 10.1 Å². The third-order valence-electron chi connectivity index (χ3n) is 3.27. The molecule has 2 aromatic carbocycles. The van der Waals surface area contributed by atoms with Crippen LogP contribution in [0.3, 0.4) is 0 Å². The fourth-order valence-corrected chi connectivity index (χ4v) is 3.10. The van der Waals surface area contributed by atoms with Crippen LogP contribution in [0.5, 0.6) is 0 Å². The van der Waals surface area contributed by atoms with Gasteiger partial charge in [-0.25, -0.2) is 0 Å². The summed E-state index contributed by atoms with van der Waals surface area (Å²) < 4.78 is 0. The molecule has 0 heterocycles. The summed E-state index contributed by atoms with van der Waals surface area (Å²) in [4.78, 5) is 10.1. The van der Waals surface area contributed by atoms with Gasteiger partial charge in [-0.15, -0.1) is 0 Å². The Labute approximate surface area is 110 Å². The standard InChI is InChI=1S/C15H21NOSi/c1-16-9-8-12-4-5-14-11-15(18(2,3)17)7-6-13(14)10-12/h4-7,10-11,16-17H,8-9H2,1-3H3. The van der Waals surface area contributed by atoms with Crippen molar-refractivity contribution < 1.29 is 4.80 Å². The molecule has 0 spiro atoms. The fourth-order valence-electron chi connectivity index (χ4n) is 2.10. The van der Waals surface area contributed by atoms with Gasteiger partial charge in [0.15, 0.2) is 0 Å². The average Bonchev–Trinajstić information content (AvgIpc) is 2.34. The molecule has 3 heteroatoms. The highest BCUT2D eigenvalue weighted by atomic mass is 28.4. The quantitative estimate of drug-likeness (QED) is 0.823. The highest BCUT2D eigenvalue weighted by Crippen LogP contribution is 2.16. The van der Waals surface area contributed by atoms with Crippen LogP contribution in [0.15, 0.2) is 36.4 Å². The summed E-state index contributed by atoms with van der Waals surface area (Å²) in [5.74, 6) is 0. The molecular weight excluding hydrogens is 238 g/mol. The van der Waals surface area contributed by atoms with Gasteiger partial charge in [0.25, 0.3) is 0 Å². The monoisotopic (exact) mass is 259 g/mol. The Kier molecular flexibility index (Phi) is 3.85. The maximum atomic E-state index is 10.1. The van der Waals surface area contributed by atoms with Gasteiger partial charge in [0.2, 0.25) is 8.32 Å². The zero-order valence-corrected chi connectivity index (χ0v) is 12.3. The summed E-state index contributed by atoms with van der Waals surface area (Å²) in [7, 11) is -0.222. The van der Waals surface area contributed by atoms with E-state index in [9.17, 15) is 4.80 Å². The summed E-state index contributed by atoms with van der Waals surface area (Å²) in [6.45, 7) is 4.91. The topological polar surface area (TPSA) is 32.3 Å². The first-order valence-corrected chi connectivity index (χ1v) is 9.35. The molecule has 2 N–H and O–H groups in total. The van der Waals surface area contributed by atoms with Crippen LogP contribution in [0.1, 0.15) is 5.56 Å². The third-order valence-corrected chi connectivity index (χ3v) is 5.00. The number of rotatable bonds is 4. The number of likely N-dealkylation sites (N-methyl/N-ethyl adjacent to an activating group) is 1. The molecule has 0 unspecified atom stereocenters. The van der Waals surface area contributed by atoms with Crippen molar-refractivity contribution in [2.45, 2.75) is 19.5 Å². The second kappa shape index (κ2) is 5.22. The minimum Gasteiger partial charge on any atom is -0.428 e. The maximum absolute atomic E-state index is 10.1. The van der Waals surface area contributed by atoms with E-state index < -0.39 is 8.32 Å². The van der Waals surface area contributed by atoms with Gasteiger partial charge >= 0.3 is 0 Å². The number of fused-ring (bicyclic) bond motifs is 1. The minimum absolute atomic E-state index is 1.00. The Morgan fingerprint density at radius 1 is 1.06 bits per heavy atom. The van der Waals surface area contributed by atoms with E-state index in [2.05, 4.69) is 41.7 Å². The predicted molar refractivity (Wildman–Crippen MR) is 80.9 cm³/mol. The zero-order valence-electron chi connectivity index (χ0n) is 11.3. The normalized spacial score (nSPS) is 12.0. The Hall–Kier alpha value is -1.16. The predicted octanol–water partition coefficient (Wildman–Crippen LogP) is 2.01. The lowest BCUT2D eigenvalue weighted by Crippen LogP contribution is -2.41. The molecule has 0 saturated carbocycles. The second-order valence-corrected chi connectivity index (χ2v) is 9.00. The van der Waals surface area contributed by atoms with Crippen LogP contribution in [0, 0.1) is 0 Å². The van der Waals surface area contributed by atoms with Crippen molar-refractivity contribution in [2.24, 2.45) is 0 Å². The van der Waals surface area contributed by atoms with Gasteiger partial charge in [0.05, 0.1) is 0 Å². The molecule has 0 atom stereocenters. The summed E-state index contributed by atoms with van der Waals surface area (Å²) in [5.41, 5.74) is 1.35. The minimum atomic E-state index is -2.20. The average molecular weight is 259 g/mol. The van der Waals surface area contributed by atoms with Crippen LogP contribution in [0.2, 0.25) is 13.1 Å². The van der Waals surface area contributed by atoms with Crippen molar-refractivity contribution in [3.05, 3.63) is 42.0 Å². The summed E-state index contributed by atoms with van der Waals surface area (Å²) in [6.07, 6.45) is 1.05. The van der Waals surface area contributed by atoms with Gasteiger partial charge in [0.1, 0.15) is 0 Å². The lowest BCUT2D eigenvalue weighted by molar-refractivity contribution is 0.568. The molecule has 0 aromatic heterocycles. The first-order valence-electron chi connectivity index (χ1n) is 6.41. The first kappa shape index (κ1) is 13.3. The molecule has 96 valence electrons. The van der Waals surface area contributed by atoms with Crippen LogP contribution in [0.25, 0.3) is 10.8 Å². The number of hydrogen-bond donors (Lipinski definition) is 2. The summed E-state index contributed by atoms with van der Waals surface area (Å²) in [6, 6.07) is 12.9. The second-order valence-electron chi connectivity index (χ2n) is 5.31. The zero-order chi connectivity index (χ0) is 13.2. The highest BCUT2D eigenvalue weighted by Gasteiger charge is 2.19. The molecule has 18 heavy (non-hydrogen) atoms. The van der Waals surface area contributed by atoms with E-state index in [0.29, 0.717) is 0 Å². The highest BCUT2D eigenvalue weighted by molar-refractivity contribution is 6.83. The van der Waals surface area contributed by atoms with Crippen molar-refractivity contribution in [1.82, 2.24) is 5.32 Å². The molecule has 0 amide bonds. The van der Waals surface area contributed by atoms with E-state index in [1.807, 2.05) is 20.1 Å². The molecular formula is C15H21NOSi. The van der Waals surface area contributed by atoms with Crippen LogP contribution >= 0.6 is 0 Å². The van der Waals surface area contributed by atoms with E-state index >= 15 is 0 Å². The van der Waals surface area contributed by atoms with Gasteiger partial charge in [0, 0.05) is 0 Å². The molecule has 0 saturated heterocycles. The van der Waals surface area contributed by atoms with Gasteiger partial charge in [-0.3, -0.25) is 0 Å². The number of nitrogens with one attached hydrogen (secondary N) is 1. The Morgan fingerprint density at radius 2 is 1.72 bits per heavy atom. The van der Waals surface area contributed by atoms with Crippen LogP contribution in [-0.2, 0) is 6.42 Å². The van der Waals surface area contributed by atoms with Gasteiger partial charge in [-0.1, -0.05) is 36.4 Å². The van der Waals surface area contributed by atoms with Gasteiger partial charge in [-0.05, 0) is 54.6 Å². The van der Waals surface area contributed by atoms with E-state index in [1.165, 1.54) is 16.3 Å². The van der Waals surface area contributed by atoms with Crippen molar-refractivity contribution in [1.29, 1.82) is 0 Å². The van der Waals surface area contributed by atoms with Gasteiger partial charge in [-0.2, -0.15) is 0 Å². The third kappa shape index (κ3) is 2.99. The van der Waals surface area contributed by atoms with Crippen molar-refractivity contribution in [3.63, 3.8) is 0 Å². The Balaban J connectivity index is 2.36. The van der Waals surface area contributed by atoms with Crippen molar-refractivity contribution in [2.75, 3.05) is 13.6 Å². The largest absolute Gasteiger partial charge is 0.428 e. The SMILES string of the molecule is CNCCc1ccc2cc([Si](C)(C)O)ccc2c1. The lowest BCUT2D eigenvalue weighted by atomic mass is 10.1. The van der Waals surface area contributed by atoms with Crippen molar-refractivity contribution in [3.8, 4) is 0 Å².